The summed E-state index contributed by atoms with van der Waals surface area (Å²) in [4.78, 5) is 2.20. The molecule has 6 heteroatoms. The van der Waals surface area contributed by atoms with Crippen LogP contribution < -0.4 is 5.32 Å². The van der Waals surface area contributed by atoms with E-state index in [0.29, 0.717) is 16.3 Å². The van der Waals surface area contributed by atoms with Gasteiger partial charge < -0.3 is 10.2 Å². The van der Waals surface area contributed by atoms with Gasteiger partial charge in [0, 0.05) is 19.2 Å². The molecule has 1 aliphatic rings. The zero-order valence-corrected chi connectivity index (χ0v) is 11.4. The van der Waals surface area contributed by atoms with Gasteiger partial charge in [0.1, 0.15) is 10.7 Å². The van der Waals surface area contributed by atoms with Crippen molar-refractivity contribution in [1.29, 1.82) is 0 Å². The van der Waals surface area contributed by atoms with E-state index in [9.17, 15) is 8.42 Å². The summed E-state index contributed by atoms with van der Waals surface area (Å²) >= 11 is 0. The van der Waals surface area contributed by atoms with Crippen molar-refractivity contribution in [3.05, 3.63) is 29.8 Å². The number of amidine groups is 1. The highest BCUT2D eigenvalue weighted by Gasteiger charge is 2.29. The first-order valence-corrected chi connectivity index (χ1v) is 7.30. The van der Waals surface area contributed by atoms with Crippen molar-refractivity contribution < 1.29 is 8.42 Å². The maximum Gasteiger partial charge on any atom is 0.285 e. The van der Waals surface area contributed by atoms with E-state index in [1.165, 1.54) is 0 Å². The average molecular weight is 267 g/mol. The summed E-state index contributed by atoms with van der Waals surface area (Å²) in [6.45, 7) is 1.66. The normalized spacial score (nSPS) is 16.2. The zero-order chi connectivity index (χ0) is 13.2. The molecule has 0 bridgehead atoms. The lowest BCUT2D eigenvalue weighted by Gasteiger charge is -2.18. The van der Waals surface area contributed by atoms with E-state index < -0.39 is 10.0 Å². The van der Waals surface area contributed by atoms with Crippen LogP contribution >= 0.6 is 0 Å². The third-order valence-corrected chi connectivity index (χ3v) is 4.22. The van der Waals surface area contributed by atoms with Crippen LogP contribution in [0.2, 0.25) is 0 Å². The first-order chi connectivity index (χ1) is 8.56. The van der Waals surface area contributed by atoms with E-state index in [1.54, 1.807) is 18.2 Å². The Morgan fingerprint density at radius 1 is 1.33 bits per heavy atom. The number of nitrogens with zero attached hydrogens (tertiary/aromatic N) is 2. The third-order valence-electron chi connectivity index (χ3n) is 2.89. The van der Waals surface area contributed by atoms with Gasteiger partial charge >= 0.3 is 0 Å². The number of benzene rings is 1. The Morgan fingerprint density at radius 2 is 2.06 bits per heavy atom. The number of fused-ring (bicyclic) bond motifs is 1. The van der Waals surface area contributed by atoms with Crippen LogP contribution in [0.15, 0.2) is 33.6 Å². The standard InChI is InChI=1S/C12H17N3O2S/c1-13-8-5-9-15(2)12-10-6-3-4-7-11(10)18(16,17)14-12/h3-4,6-7,13H,5,8-9H2,1-2H3. The summed E-state index contributed by atoms with van der Waals surface area (Å²) in [5.41, 5.74) is 0.699. The molecule has 1 N–H and O–H groups in total. The fourth-order valence-corrected chi connectivity index (χ4v) is 3.21. The van der Waals surface area contributed by atoms with Gasteiger partial charge in [0.15, 0.2) is 0 Å². The van der Waals surface area contributed by atoms with Gasteiger partial charge in [-0.3, -0.25) is 0 Å². The van der Waals surface area contributed by atoms with Gasteiger partial charge in [0.25, 0.3) is 10.0 Å². The molecule has 0 saturated carbocycles. The maximum atomic E-state index is 11.9. The Morgan fingerprint density at radius 3 is 2.78 bits per heavy atom. The zero-order valence-electron chi connectivity index (χ0n) is 10.5. The molecule has 2 rings (SSSR count). The Kier molecular flexibility index (Phi) is 3.68. The molecular formula is C12H17N3O2S. The summed E-state index contributed by atoms with van der Waals surface area (Å²) in [6.07, 6.45) is 0.939. The Bertz CT molecular complexity index is 566. The van der Waals surface area contributed by atoms with Gasteiger partial charge in [0.05, 0.1) is 0 Å². The van der Waals surface area contributed by atoms with E-state index >= 15 is 0 Å². The Labute approximate surface area is 108 Å². The molecule has 1 aromatic rings. The lowest BCUT2D eigenvalue weighted by atomic mass is 10.2. The van der Waals surface area contributed by atoms with Crippen molar-refractivity contribution in [2.45, 2.75) is 11.3 Å². The molecule has 0 atom stereocenters. The first-order valence-electron chi connectivity index (χ1n) is 5.86. The highest BCUT2D eigenvalue weighted by Crippen LogP contribution is 2.26. The van der Waals surface area contributed by atoms with Gasteiger partial charge in [-0.25, -0.2) is 0 Å². The Balaban J connectivity index is 2.25. The molecule has 0 saturated heterocycles. The number of hydrogen-bond donors (Lipinski definition) is 1. The molecule has 1 aliphatic heterocycles. The molecular weight excluding hydrogens is 250 g/mol. The van der Waals surface area contributed by atoms with E-state index in [0.717, 1.165) is 19.5 Å². The van der Waals surface area contributed by atoms with Gasteiger partial charge in [-0.1, -0.05) is 12.1 Å². The average Bonchev–Trinajstić information content (AvgIpc) is 2.63. The molecule has 0 unspecified atom stereocenters. The molecule has 1 heterocycles. The van der Waals surface area contributed by atoms with E-state index in [2.05, 4.69) is 9.71 Å². The molecule has 0 amide bonds. The SMILES string of the molecule is CNCCCN(C)C1=NS(=O)(=O)c2ccccc21. The molecule has 0 spiro atoms. The molecule has 0 radical (unpaired) electrons. The molecule has 0 fully saturated rings. The van der Waals surface area contributed by atoms with Crippen molar-refractivity contribution in [2.75, 3.05) is 27.2 Å². The minimum absolute atomic E-state index is 0.306. The van der Waals surface area contributed by atoms with Crippen LogP contribution in [0, 0.1) is 0 Å². The molecule has 0 aromatic heterocycles. The highest BCUT2D eigenvalue weighted by molar-refractivity contribution is 7.90. The summed E-state index contributed by atoms with van der Waals surface area (Å²) in [7, 11) is 0.263. The number of sulfonamides is 1. The minimum atomic E-state index is -3.50. The minimum Gasteiger partial charge on any atom is -0.358 e. The predicted molar refractivity (Wildman–Crippen MR) is 71.3 cm³/mol. The second-order valence-electron chi connectivity index (χ2n) is 4.26. The molecule has 5 nitrogen and oxygen atoms in total. The van der Waals surface area contributed by atoms with Crippen LogP contribution in [0.1, 0.15) is 12.0 Å². The monoisotopic (exact) mass is 267 g/mol. The van der Waals surface area contributed by atoms with Crippen LogP contribution in [0.4, 0.5) is 0 Å². The van der Waals surface area contributed by atoms with Crippen LogP contribution in [-0.2, 0) is 10.0 Å². The summed E-state index contributed by atoms with van der Waals surface area (Å²) < 4.78 is 27.6. The summed E-state index contributed by atoms with van der Waals surface area (Å²) in [5, 5.41) is 3.06. The van der Waals surface area contributed by atoms with Crippen LogP contribution in [0.5, 0.6) is 0 Å². The lowest BCUT2D eigenvalue weighted by Crippen LogP contribution is -2.29. The number of rotatable bonds is 4. The first kappa shape index (κ1) is 13.0. The van der Waals surface area contributed by atoms with Crippen molar-refractivity contribution in [1.82, 2.24) is 10.2 Å². The number of hydrogen-bond acceptors (Lipinski definition) is 4. The highest BCUT2D eigenvalue weighted by atomic mass is 32.2. The van der Waals surface area contributed by atoms with Crippen molar-refractivity contribution in [2.24, 2.45) is 4.40 Å². The van der Waals surface area contributed by atoms with Crippen molar-refractivity contribution in [3.63, 3.8) is 0 Å². The van der Waals surface area contributed by atoms with Gasteiger partial charge in [-0.2, -0.15) is 8.42 Å². The summed E-state index contributed by atoms with van der Waals surface area (Å²) in [5.74, 6) is 0.543. The van der Waals surface area contributed by atoms with E-state index in [1.807, 2.05) is 25.1 Å². The fourth-order valence-electron chi connectivity index (χ4n) is 1.96. The lowest BCUT2D eigenvalue weighted by molar-refractivity contribution is 0.483. The Hall–Kier alpha value is -1.40. The maximum absolute atomic E-state index is 11.9. The van der Waals surface area contributed by atoms with E-state index in [4.69, 9.17) is 0 Å². The smallest absolute Gasteiger partial charge is 0.285 e. The quantitative estimate of drug-likeness (QED) is 0.815. The van der Waals surface area contributed by atoms with Crippen LogP contribution in [0.3, 0.4) is 0 Å². The van der Waals surface area contributed by atoms with Gasteiger partial charge in [0.2, 0.25) is 0 Å². The van der Waals surface area contributed by atoms with Gasteiger partial charge in [-0.15, -0.1) is 4.40 Å². The second kappa shape index (κ2) is 5.07. The van der Waals surface area contributed by atoms with Crippen molar-refractivity contribution in [3.8, 4) is 0 Å². The van der Waals surface area contributed by atoms with Crippen LogP contribution in [0.25, 0.3) is 0 Å². The van der Waals surface area contributed by atoms with Gasteiger partial charge in [-0.05, 0) is 32.1 Å². The van der Waals surface area contributed by atoms with Crippen molar-refractivity contribution >= 4 is 15.9 Å². The largest absolute Gasteiger partial charge is 0.358 e. The summed E-state index contributed by atoms with van der Waals surface area (Å²) in [6, 6.07) is 6.95. The number of nitrogens with one attached hydrogen (secondary N) is 1. The second-order valence-corrected chi connectivity index (χ2v) is 5.84. The third kappa shape index (κ3) is 2.39. The topological polar surface area (TPSA) is 61.8 Å². The predicted octanol–water partition coefficient (Wildman–Crippen LogP) is 0.677. The molecule has 1 aromatic carbocycles. The molecule has 98 valence electrons. The molecule has 18 heavy (non-hydrogen) atoms. The van der Waals surface area contributed by atoms with E-state index in [-0.39, 0.29) is 0 Å². The fraction of sp³-hybridized carbons (Fsp3) is 0.417. The van der Waals surface area contributed by atoms with Crippen LogP contribution in [-0.4, -0.2) is 46.3 Å². The molecule has 0 aliphatic carbocycles.